The van der Waals surface area contributed by atoms with Crippen LogP contribution in [0.4, 0.5) is 0 Å². The van der Waals surface area contributed by atoms with E-state index in [0.29, 0.717) is 12.5 Å². The highest BCUT2D eigenvalue weighted by molar-refractivity contribution is 5.84. The molecule has 1 amide bonds. The first kappa shape index (κ1) is 13.6. The maximum atomic E-state index is 12.6. The predicted octanol–water partition coefficient (Wildman–Crippen LogP) is 1.10. The van der Waals surface area contributed by atoms with E-state index in [2.05, 4.69) is 17.4 Å². The topological polar surface area (TPSA) is 52.6 Å². The average Bonchev–Trinajstić information content (AvgIpc) is 2.44. The van der Waals surface area contributed by atoms with Crippen LogP contribution in [-0.4, -0.2) is 42.2 Å². The molecule has 3 rings (SSSR count). The first-order chi connectivity index (χ1) is 9.65. The fourth-order valence-corrected chi connectivity index (χ4v) is 3.31. The molecule has 0 aromatic heterocycles. The molecule has 0 saturated heterocycles. The summed E-state index contributed by atoms with van der Waals surface area (Å²) in [6, 6.07) is 8.18. The van der Waals surface area contributed by atoms with E-state index in [0.717, 1.165) is 31.5 Å². The number of benzene rings is 1. The van der Waals surface area contributed by atoms with Crippen LogP contribution in [-0.2, 0) is 11.3 Å². The van der Waals surface area contributed by atoms with Crippen molar-refractivity contribution < 1.29 is 9.90 Å². The molecule has 1 heterocycles. The van der Waals surface area contributed by atoms with Crippen molar-refractivity contribution in [3.8, 4) is 0 Å². The van der Waals surface area contributed by atoms with Gasteiger partial charge in [-0.25, -0.2) is 0 Å². The number of nitrogens with zero attached hydrogens (tertiary/aromatic N) is 1. The number of carbonyl (C=O) groups is 1. The third kappa shape index (κ3) is 2.58. The van der Waals surface area contributed by atoms with E-state index in [1.54, 1.807) is 0 Å². The molecular formula is C16H22N2O2. The van der Waals surface area contributed by atoms with Crippen molar-refractivity contribution in [2.75, 3.05) is 20.1 Å². The van der Waals surface area contributed by atoms with Gasteiger partial charge in [0.15, 0.2) is 0 Å². The molecular weight excluding hydrogens is 252 g/mol. The Bertz CT molecular complexity index is 497. The Hall–Kier alpha value is -1.39. The number of likely N-dealkylation sites (N-methyl/N-ethyl adjacent to an activating group) is 1. The summed E-state index contributed by atoms with van der Waals surface area (Å²) in [5.74, 6) is 0.576. The van der Waals surface area contributed by atoms with Crippen LogP contribution in [0.25, 0.3) is 0 Å². The van der Waals surface area contributed by atoms with Crippen LogP contribution >= 0.6 is 0 Å². The van der Waals surface area contributed by atoms with Crippen molar-refractivity contribution in [1.82, 2.24) is 10.2 Å². The van der Waals surface area contributed by atoms with Gasteiger partial charge in [0.2, 0.25) is 5.91 Å². The zero-order valence-corrected chi connectivity index (χ0v) is 11.9. The van der Waals surface area contributed by atoms with E-state index >= 15 is 0 Å². The van der Waals surface area contributed by atoms with E-state index in [1.165, 1.54) is 5.56 Å². The predicted molar refractivity (Wildman–Crippen MR) is 77.3 cm³/mol. The lowest BCUT2D eigenvalue weighted by atomic mass is 9.82. The monoisotopic (exact) mass is 274 g/mol. The summed E-state index contributed by atoms with van der Waals surface area (Å²) in [6.07, 6.45) is 1.51. The first-order valence-corrected chi connectivity index (χ1v) is 7.36. The van der Waals surface area contributed by atoms with Gasteiger partial charge in [-0.15, -0.1) is 0 Å². The number of rotatable bonds is 3. The lowest BCUT2D eigenvalue weighted by molar-refractivity contribution is -0.133. The maximum absolute atomic E-state index is 12.6. The summed E-state index contributed by atoms with van der Waals surface area (Å²) in [5, 5.41) is 12.7. The summed E-state index contributed by atoms with van der Waals surface area (Å²) in [6.45, 7) is 2.32. The summed E-state index contributed by atoms with van der Waals surface area (Å²) in [5.41, 5.74) is 2.39. The van der Waals surface area contributed by atoms with Gasteiger partial charge in [0.1, 0.15) is 0 Å². The summed E-state index contributed by atoms with van der Waals surface area (Å²) in [7, 11) is 1.88. The second-order valence-electron chi connectivity index (χ2n) is 6.09. The lowest BCUT2D eigenvalue weighted by Gasteiger charge is -2.36. The van der Waals surface area contributed by atoms with Crippen LogP contribution in [0, 0.1) is 5.92 Å². The molecule has 1 aliphatic carbocycles. The molecule has 1 aliphatic heterocycles. The van der Waals surface area contributed by atoms with Gasteiger partial charge in [-0.05, 0) is 29.9 Å². The van der Waals surface area contributed by atoms with Crippen molar-refractivity contribution in [2.45, 2.75) is 31.4 Å². The van der Waals surface area contributed by atoms with Crippen LogP contribution in [0.1, 0.15) is 29.9 Å². The zero-order chi connectivity index (χ0) is 14.1. The average molecular weight is 274 g/mol. The lowest BCUT2D eigenvalue weighted by Crippen LogP contribution is -2.44. The molecule has 20 heavy (non-hydrogen) atoms. The molecule has 0 radical (unpaired) electrons. The zero-order valence-electron chi connectivity index (χ0n) is 11.9. The molecule has 1 unspecified atom stereocenters. The van der Waals surface area contributed by atoms with Crippen molar-refractivity contribution in [3.63, 3.8) is 0 Å². The van der Waals surface area contributed by atoms with Crippen molar-refractivity contribution in [1.29, 1.82) is 0 Å². The minimum atomic E-state index is -0.152. The Labute approximate surface area is 119 Å². The van der Waals surface area contributed by atoms with Crippen molar-refractivity contribution in [2.24, 2.45) is 5.92 Å². The highest BCUT2D eigenvalue weighted by Crippen LogP contribution is 2.30. The molecule has 0 bridgehead atoms. The fourth-order valence-electron chi connectivity index (χ4n) is 3.31. The normalized spacial score (nSPS) is 28.4. The first-order valence-electron chi connectivity index (χ1n) is 7.36. The number of carbonyl (C=O) groups excluding carboxylic acids is 1. The second-order valence-corrected chi connectivity index (χ2v) is 6.09. The number of hydrogen-bond donors (Lipinski definition) is 2. The van der Waals surface area contributed by atoms with Gasteiger partial charge in [-0.1, -0.05) is 24.3 Å². The van der Waals surface area contributed by atoms with Gasteiger partial charge in [0, 0.05) is 26.7 Å². The molecule has 0 spiro atoms. The third-order valence-corrected chi connectivity index (χ3v) is 4.51. The minimum Gasteiger partial charge on any atom is -0.393 e. The van der Waals surface area contributed by atoms with Crippen LogP contribution in [0.2, 0.25) is 0 Å². The van der Waals surface area contributed by atoms with E-state index in [9.17, 15) is 9.90 Å². The Morgan fingerprint density at radius 3 is 2.90 bits per heavy atom. The number of nitrogens with one attached hydrogen (secondary N) is 1. The van der Waals surface area contributed by atoms with Gasteiger partial charge < -0.3 is 15.3 Å². The van der Waals surface area contributed by atoms with E-state index in [4.69, 9.17) is 0 Å². The molecule has 2 aliphatic rings. The number of amides is 1. The Morgan fingerprint density at radius 2 is 2.15 bits per heavy atom. The molecule has 2 N–H and O–H groups in total. The molecule has 4 heteroatoms. The SMILES string of the molecule is CN(CC1CC(O)C1)C(=O)C1CNCc2ccccc21. The quantitative estimate of drug-likeness (QED) is 0.868. The molecule has 4 nitrogen and oxygen atoms in total. The summed E-state index contributed by atoms with van der Waals surface area (Å²) < 4.78 is 0. The minimum absolute atomic E-state index is 0.0741. The maximum Gasteiger partial charge on any atom is 0.231 e. The van der Waals surface area contributed by atoms with Gasteiger partial charge in [0.05, 0.1) is 12.0 Å². The van der Waals surface area contributed by atoms with Crippen LogP contribution in [0.15, 0.2) is 24.3 Å². The van der Waals surface area contributed by atoms with Crippen molar-refractivity contribution in [3.05, 3.63) is 35.4 Å². The highest BCUT2D eigenvalue weighted by atomic mass is 16.3. The van der Waals surface area contributed by atoms with Crippen molar-refractivity contribution >= 4 is 5.91 Å². The van der Waals surface area contributed by atoms with E-state index < -0.39 is 0 Å². The van der Waals surface area contributed by atoms with Crippen LogP contribution in [0.5, 0.6) is 0 Å². The fraction of sp³-hybridized carbons (Fsp3) is 0.562. The largest absolute Gasteiger partial charge is 0.393 e. The highest BCUT2D eigenvalue weighted by Gasteiger charge is 2.32. The third-order valence-electron chi connectivity index (χ3n) is 4.51. The molecule has 1 aromatic carbocycles. The number of fused-ring (bicyclic) bond motifs is 1. The smallest absolute Gasteiger partial charge is 0.231 e. The standard InChI is InChI=1S/C16H22N2O2/c1-18(10-11-6-13(19)7-11)16(20)15-9-17-8-12-4-2-3-5-14(12)15/h2-5,11,13,15,17,19H,6-10H2,1H3. The van der Waals surface area contributed by atoms with E-state index in [-0.39, 0.29) is 17.9 Å². The Morgan fingerprint density at radius 1 is 1.40 bits per heavy atom. The molecule has 1 saturated carbocycles. The van der Waals surface area contributed by atoms with Gasteiger partial charge in [0.25, 0.3) is 0 Å². The van der Waals surface area contributed by atoms with E-state index in [1.807, 2.05) is 24.1 Å². The van der Waals surface area contributed by atoms with Gasteiger partial charge in [-0.3, -0.25) is 4.79 Å². The van der Waals surface area contributed by atoms with Crippen LogP contribution in [0.3, 0.4) is 0 Å². The molecule has 1 aromatic rings. The Balaban J connectivity index is 1.68. The van der Waals surface area contributed by atoms with Gasteiger partial charge >= 0.3 is 0 Å². The number of hydrogen-bond acceptors (Lipinski definition) is 3. The van der Waals surface area contributed by atoms with Gasteiger partial charge in [-0.2, -0.15) is 0 Å². The summed E-state index contributed by atoms with van der Waals surface area (Å²) in [4.78, 5) is 14.5. The summed E-state index contributed by atoms with van der Waals surface area (Å²) >= 11 is 0. The molecule has 1 fully saturated rings. The van der Waals surface area contributed by atoms with Crippen LogP contribution < -0.4 is 5.32 Å². The molecule has 108 valence electrons. The second kappa shape index (κ2) is 5.54. The Kier molecular flexibility index (Phi) is 3.76. The molecule has 1 atom stereocenters. The number of aliphatic hydroxyl groups is 1. The number of aliphatic hydroxyl groups excluding tert-OH is 1.